The van der Waals surface area contributed by atoms with E-state index in [4.69, 9.17) is 10.8 Å². The van der Waals surface area contributed by atoms with E-state index in [1.165, 1.54) is 5.56 Å². The fraction of sp³-hybridized carbons (Fsp3) is 0.400. The van der Waals surface area contributed by atoms with Crippen LogP contribution in [-0.4, -0.2) is 11.7 Å². The van der Waals surface area contributed by atoms with Crippen LogP contribution in [0.1, 0.15) is 23.6 Å². The zero-order chi connectivity index (χ0) is 9.84. The number of rotatable bonds is 3. The van der Waals surface area contributed by atoms with Crippen LogP contribution >= 0.6 is 15.9 Å². The van der Waals surface area contributed by atoms with Crippen molar-refractivity contribution in [1.82, 2.24) is 0 Å². The molecule has 3 N–H and O–H groups in total. The van der Waals surface area contributed by atoms with E-state index in [0.29, 0.717) is 6.42 Å². The highest BCUT2D eigenvalue weighted by Gasteiger charge is 2.09. The third kappa shape index (κ3) is 2.53. The highest BCUT2D eigenvalue weighted by Crippen LogP contribution is 2.26. The van der Waals surface area contributed by atoms with Gasteiger partial charge in [-0.15, -0.1) is 0 Å². The molecule has 0 radical (unpaired) electrons. The summed E-state index contributed by atoms with van der Waals surface area (Å²) in [6.07, 6.45) is 0.599. The molecule has 2 nitrogen and oxygen atoms in total. The molecule has 1 rings (SSSR count). The van der Waals surface area contributed by atoms with E-state index in [0.717, 1.165) is 10.0 Å². The molecule has 0 aliphatic rings. The van der Waals surface area contributed by atoms with Crippen molar-refractivity contribution in [2.24, 2.45) is 5.73 Å². The monoisotopic (exact) mass is 243 g/mol. The maximum atomic E-state index is 8.76. The SMILES string of the molecule is Cc1cccc(C(N)CCO)c1Br. The molecular weight excluding hydrogens is 230 g/mol. The van der Waals surface area contributed by atoms with Crippen LogP contribution < -0.4 is 5.73 Å². The maximum Gasteiger partial charge on any atom is 0.0449 e. The average Bonchev–Trinajstić information content (AvgIpc) is 2.10. The van der Waals surface area contributed by atoms with Gasteiger partial charge in [-0.25, -0.2) is 0 Å². The van der Waals surface area contributed by atoms with Gasteiger partial charge in [-0.1, -0.05) is 34.1 Å². The molecule has 1 aromatic carbocycles. The summed E-state index contributed by atoms with van der Waals surface area (Å²) < 4.78 is 1.05. The van der Waals surface area contributed by atoms with Crippen LogP contribution in [0.15, 0.2) is 22.7 Å². The molecule has 0 saturated heterocycles. The lowest BCUT2D eigenvalue weighted by atomic mass is 10.0. The molecule has 1 unspecified atom stereocenters. The number of hydrogen-bond donors (Lipinski definition) is 2. The lowest BCUT2D eigenvalue weighted by Gasteiger charge is -2.13. The number of nitrogens with two attached hydrogens (primary N) is 1. The molecule has 0 saturated carbocycles. The summed E-state index contributed by atoms with van der Waals surface area (Å²) in [7, 11) is 0. The van der Waals surface area contributed by atoms with Crippen LogP contribution in [0.4, 0.5) is 0 Å². The van der Waals surface area contributed by atoms with Gasteiger partial charge in [-0.2, -0.15) is 0 Å². The topological polar surface area (TPSA) is 46.2 Å². The summed E-state index contributed by atoms with van der Waals surface area (Å²) in [6.45, 7) is 2.15. The number of hydrogen-bond acceptors (Lipinski definition) is 2. The Morgan fingerprint density at radius 1 is 1.54 bits per heavy atom. The van der Waals surface area contributed by atoms with Gasteiger partial charge in [0.05, 0.1) is 0 Å². The van der Waals surface area contributed by atoms with Gasteiger partial charge >= 0.3 is 0 Å². The van der Waals surface area contributed by atoms with Crippen molar-refractivity contribution >= 4 is 15.9 Å². The van der Waals surface area contributed by atoms with E-state index in [1.54, 1.807) is 0 Å². The van der Waals surface area contributed by atoms with Crippen LogP contribution in [0.5, 0.6) is 0 Å². The summed E-state index contributed by atoms with van der Waals surface area (Å²) in [4.78, 5) is 0. The molecule has 3 heteroatoms. The molecule has 0 heterocycles. The Balaban J connectivity index is 2.93. The van der Waals surface area contributed by atoms with Gasteiger partial charge in [0.1, 0.15) is 0 Å². The fourth-order valence-corrected chi connectivity index (χ4v) is 1.81. The highest BCUT2D eigenvalue weighted by atomic mass is 79.9. The van der Waals surface area contributed by atoms with Crippen molar-refractivity contribution in [2.45, 2.75) is 19.4 Å². The zero-order valence-electron chi connectivity index (χ0n) is 7.63. The van der Waals surface area contributed by atoms with Crippen molar-refractivity contribution in [1.29, 1.82) is 0 Å². The summed E-state index contributed by atoms with van der Waals surface area (Å²) in [5.74, 6) is 0. The molecule has 1 atom stereocenters. The Kier molecular flexibility index (Phi) is 3.90. The standard InChI is InChI=1S/C10H14BrNO/c1-7-3-2-4-8(10(7)11)9(12)5-6-13/h2-4,9,13H,5-6,12H2,1H3. The number of benzene rings is 1. The van der Waals surface area contributed by atoms with Gasteiger partial charge in [0.2, 0.25) is 0 Å². The molecule has 72 valence electrons. The Bertz CT molecular complexity index is 288. The lowest BCUT2D eigenvalue weighted by molar-refractivity contribution is 0.276. The third-order valence-electron chi connectivity index (χ3n) is 2.06. The largest absolute Gasteiger partial charge is 0.396 e. The minimum atomic E-state index is -0.0840. The van der Waals surface area contributed by atoms with Crippen molar-refractivity contribution in [3.63, 3.8) is 0 Å². The lowest BCUT2D eigenvalue weighted by Crippen LogP contribution is -2.12. The molecule has 0 aromatic heterocycles. The van der Waals surface area contributed by atoms with Crippen LogP contribution in [0, 0.1) is 6.92 Å². The summed E-state index contributed by atoms with van der Waals surface area (Å²) in [5.41, 5.74) is 8.12. The molecule has 0 aliphatic carbocycles. The van der Waals surface area contributed by atoms with E-state index in [1.807, 2.05) is 25.1 Å². The smallest absolute Gasteiger partial charge is 0.0449 e. The van der Waals surface area contributed by atoms with E-state index < -0.39 is 0 Å². The average molecular weight is 244 g/mol. The Labute approximate surface area is 86.9 Å². The van der Waals surface area contributed by atoms with Crippen LogP contribution in [0.3, 0.4) is 0 Å². The fourth-order valence-electron chi connectivity index (χ4n) is 1.25. The molecule has 13 heavy (non-hydrogen) atoms. The minimum Gasteiger partial charge on any atom is -0.396 e. The second-order valence-corrected chi connectivity index (χ2v) is 3.89. The van der Waals surface area contributed by atoms with E-state index in [-0.39, 0.29) is 12.6 Å². The van der Waals surface area contributed by atoms with Gasteiger partial charge in [-0.05, 0) is 24.5 Å². The van der Waals surface area contributed by atoms with Gasteiger partial charge in [0.25, 0.3) is 0 Å². The van der Waals surface area contributed by atoms with Gasteiger partial charge < -0.3 is 10.8 Å². The second kappa shape index (κ2) is 4.74. The Morgan fingerprint density at radius 3 is 2.85 bits per heavy atom. The van der Waals surface area contributed by atoms with E-state index in [2.05, 4.69) is 15.9 Å². The van der Waals surface area contributed by atoms with E-state index in [9.17, 15) is 0 Å². The van der Waals surface area contributed by atoms with E-state index >= 15 is 0 Å². The van der Waals surface area contributed by atoms with Gasteiger partial charge in [0.15, 0.2) is 0 Å². The van der Waals surface area contributed by atoms with Crippen LogP contribution in [0.25, 0.3) is 0 Å². The summed E-state index contributed by atoms with van der Waals surface area (Å²) in [6, 6.07) is 5.91. The number of aliphatic hydroxyl groups excluding tert-OH is 1. The molecule has 0 spiro atoms. The molecule has 0 aliphatic heterocycles. The Morgan fingerprint density at radius 2 is 2.23 bits per heavy atom. The molecule has 0 amide bonds. The molecule has 0 bridgehead atoms. The van der Waals surface area contributed by atoms with Crippen molar-refractivity contribution in [3.8, 4) is 0 Å². The van der Waals surface area contributed by atoms with Crippen molar-refractivity contribution < 1.29 is 5.11 Å². The predicted octanol–water partition coefficient (Wildman–Crippen LogP) is 2.14. The second-order valence-electron chi connectivity index (χ2n) is 3.10. The van der Waals surface area contributed by atoms with Crippen molar-refractivity contribution in [2.75, 3.05) is 6.61 Å². The first kappa shape index (κ1) is 10.7. The quantitative estimate of drug-likeness (QED) is 0.855. The first-order chi connectivity index (χ1) is 6.16. The number of aryl methyl sites for hydroxylation is 1. The first-order valence-electron chi connectivity index (χ1n) is 4.28. The summed E-state index contributed by atoms with van der Waals surface area (Å²) >= 11 is 3.49. The number of halogens is 1. The van der Waals surface area contributed by atoms with Gasteiger partial charge in [0, 0.05) is 17.1 Å². The van der Waals surface area contributed by atoms with Crippen LogP contribution in [-0.2, 0) is 0 Å². The minimum absolute atomic E-state index is 0.0840. The molecule has 0 fully saturated rings. The number of aliphatic hydroxyl groups is 1. The Hall–Kier alpha value is -0.380. The zero-order valence-corrected chi connectivity index (χ0v) is 9.21. The maximum absolute atomic E-state index is 8.76. The third-order valence-corrected chi connectivity index (χ3v) is 3.14. The predicted molar refractivity (Wildman–Crippen MR) is 57.5 cm³/mol. The van der Waals surface area contributed by atoms with Crippen molar-refractivity contribution in [3.05, 3.63) is 33.8 Å². The van der Waals surface area contributed by atoms with Crippen LogP contribution in [0.2, 0.25) is 0 Å². The molecule has 1 aromatic rings. The van der Waals surface area contributed by atoms with Gasteiger partial charge in [-0.3, -0.25) is 0 Å². The molecular formula is C10H14BrNO. The highest BCUT2D eigenvalue weighted by molar-refractivity contribution is 9.10. The summed E-state index contributed by atoms with van der Waals surface area (Å²) in [5, 5.41) is 8.76. The normalized spacial score (nSPS) is 12.9. The first-order valence-corrected chi connectivity index (χ1v) is 5.07.